The lowest BCUT2D eigenvalue weighted by Crippen LogP contribution is -2.37. The van der Waals surface area contributed by atoms with Gasteiger partial charge in [0, 0.05) is 44.9 Å². The molecule has 18 heteroatoms. The predicted octanol–water partition coefficient (Wildman–Crippen LogP) is 6.42. The number of aliphatic hydroxyl groups excluding tert-OH is 4. The van der Waals surface area contributed by atoms with Crippen molar-refractivity contribution in [3.05, 3.63) is 0 Å². The molecule has 0 amide bonds. The van der Waals surface area contributed by atoms with Crippen LogP contribution in [0.15, 0.2) is 0 Å². The van der Waals surface area contributed by atoms with Crippen molar-refractivity contribution in [3.63, 3.8) is 0 Å². The summed E-state index contributed by atoms with van der Waals surface area (Å²) in [5.41, 5.74) is -1.11. The Morgan fingerprint density at radius 3 is 0.525 bits per heavy atom. The smallest absolute Gasteiger partial charge is 0.303 e. The molecule has 0 bridgehead atoms. The molecule has 0 radical (unpaired) electrons. The summed E-state index contributed by atoms with van der Waals surface area (Å²) in [7, 11) is 0. The Morgan fingerprint density at radius 1 is 0.271 bits per heavy atom. The number of aliphatic hydroxyl groups is 4. The van der Waals surface area contributed by atoms with Gasteiger partial charge >= 0.3 is 41.8 Å². The van der Waals surface area contributed by atoms with Crippen LogP contribution in [-0.2, 0) is 33.6 Å². The van der Waals surface area contributed by atoms with Gasteiger partial charge in [0.15, 0.2) is 0 Å². The van der Waals surface area contributed by atoms with E-state index in [0.717, 1.165) is 12.8 Å². The third-order valence-electron chi connectivity index (χ3n) is 8.43. The third kappa shape index (κ3) is 69.1. The largest absolute Gasteiger partial charge is 0.481 e. The van der Waals surface area contributed by atoms with Crippen LogP contribution >= 0.6 is 0 Å². The number of carboxylic acid groups (broad SMARTS) is 7. The van der Waals surface area contributed by atoms with Crippen LogP contribution in [0.2, 0.25) is 0 Å². The molecule has 11 N–H and O–H groups in total. The molecule has 350 valence electrons. The average molecular weight is 859 g/mol. The Labute approximate surface area is 349 Å². The van der Waals surface area contributed by atoms with Gasteiger partial charge in [-0.05, 0) is 44.9 Å². The van der Waals surface area contributed by atoms with Gasteiger partial charge in [-0.3, -0.25) is 33.6 Å². The number of rotatable bonds is 35. The number of hydrogen-bond acceptors (Lipinski definition) is 11. The highest BCUT2D eigenvalue weighted by atomic mass is 16.4. The van der Waals surface area contributed by atoms with Crippen molar-refractivity contribution in [2.75, 3.05) is 26.4 Å². The van der Waals surface area contributed by atoms with Gasteiger partial charge in [-0.2, -0.15) is 0 Å². The molecule has 0 aromatic carbocycles. The van der Waals surface area contributed by atoms with Crippen molar-refractivity contribution >= 4 is 41.8 Å². The SMILES string of the molecule is CCCCCCCCCCCCCCCCCC(=O)O.O=C(O)CCCCC(=O)O.O=C(O)CCCCC(=O)O.O=C(O)CCCCC(=O)O.OCC(CO)(CO)CO. The molecule has 0 rings (SSSR count). The van der Waals surface area contributed by atoms with Crippen molar-refractivity contribution in [2.24, 2.45) is 5.41 Å². The van der Waals surface area contributed by atoms with Crippen molar-refractivity contribution in [2.45, 2.75) is 187 Å². The summed E-state index contributed by atoms with van der Waals surface area (Å²) < 4.78 is 0. The minimum atomic E-state index is -1.11. The topological polar surface area (TPSA) is 342 Å². The van der Waals surface area contributed by atoms with Crippen LogP contribution in [0.3, 0.4) is 0 Å². The van der Waals surface area contributed by atoms with Crippen LogP contribution in [0.1, 0.15) is 187 Å². The van der Waals surface area contributed by atoms with E-state index in [1.807, 2.05) is 0 Å². The van der Waals surface area contributed by atoms with Crippen molar-refractivity contribution in [1.29, 1.82) is 0 Å². The van der Waals surface area contributed by atoms with Gasteiger partial charge in [0.25, 0.3) is 0 Å². The van der Waals surface area contributed by atoms with E-state index in [9.17, 15) is 33.6 Å². The Morgan fingerprint density at radius 2 is 0.407 bits per heavy atom. The highest BCUT2D eigenvalue weighted by Gasteiger charge is 2.26. The summed E-state index contributed by atoms with van der Waals surface area (Å²) >= 11 is 0. The molecule has 0 atom stereocenters. The highest BCUT2D eigenvalue weighted by molar-refractivity contribution is 5.69. The molecular weight excluding hydrogens is 780 g/mol. The molecule has 0 aromatic rings. The Balaban J connectivity index is -0.000000216. The lowest BCUT2D eigenvalue weighted by atomic mass is 9.93. The lowest BCUT2D eigenvalue weighted by Gasteiger charge is -2.23. The summed E-state index contributed by atoms with van der Waals surface area (Å²) in [4.78, 5) is 69.7. The van der Waals surface area contributed by atoms with Crippen LogP contribution in [0.25, 0.3) is 0 Å². The zero-order chi connectivity index (χ0) is 46.2. The van der Waals surface area contributed by atoms with Gasteiger partial charge in [0.05, 0.1) is 31.8 Å². The molecule has 59 heavy (non-hydrogen) atoms. The second kappa shape index (κ2) is 50.3. The first-order chi connectivity index (χ1) is 27.9. The van der Waals surface area contributed by atoms with Crippen molar-refractivity contribution in [1.82, 2.24) is 0 Å². The van der Waals surface area contributed by atoms with E-state index in [-0.39, 0.29) is 38.5 Å². The number of carbonyl (C=O) groups is 7. The van der Waals surface area contributed by atoms with Gasteiger partial charge in [0.1, 0.15) is 0 Å². The minimum Gasteiger partial charge on any atom is -0.481 e. The van der Waals surface area contributed by atoms with E-state index < -0.39 is 73.6 Å². The van der Waals surface area contributed by atoms with Crippen molar-refractivity contribution in [3.8, 4) is 0 Å². The van der Waals surface area contributed by atoms with E-state index in [0.29, 0.717) is 44.9 Å². The molecule has 0 unspecified atom stereocenters. The maximum absolute atomic E-state index is 10.3. The van der Waals surface area contributed by atoms with Gasteiger partial charge in [0.2, 0.25) is 0 Å². The van der Waals surface area contributed by atoms with Crippen LogP contribution in [0.5, 0.6) is 0 Å². The first-order valence-corrected chi connectivity index (χ1v) is 20.9. The van der Waals surface area contributed by atoms with Crippen LogP contribution in [-0.4, -0.2) is 124 Å². The number of aliphatic carboxylic acids is 7. The molecule has 0 aliphatic rings. The number of carboxylic acids is 7. The van der Waals surface area contributed by atoms with Gasteiger partial charge in [-0.25, -0.2) is 0 Å². The number of unbranched alkanes of at least 4 members (excludes halogenated alkanes) is 17. The first-order valence-electron chi connectivity index (χ1n) is 20.9. The fourth-order valence-electron chi connectivity index (χ4n) is 4.60. The standard InChI is InChI=1S/C18H36O2.3C6H10O4.C5H12O4/c1-2-3-4-5-6-7-8-9-10-11-12-13-14-15-16-17-18(19)20;3*7-5(8)3-1-2-4-6(9)10;6-1-5(2-7,3-8)4-9/h2-17H2,1H3,(H,19,20);3*1-4H2,(H,7,8)(H,9,10);6-9H,1-4H2. The summed E-state index contributed by atoms with van der Waals surface area (Å²) in [6.07, 6.45) is 23.3. The molecule has 0 aromatic heterocycles. The molecule has 0 heterocycles. The summed E-state index contributed by atoms with van der Waals surface area (Å²) in [6, 6.07) is 0. The van der Waals surface area contributed by atoms with Crippen LogP contribution in [0.4, 0.5) is 0 Å². The monoisotopic (exact) mass is 859 g/mol. The lowest BCUT2D eigenvalue weighted by molar-refractivity contribution is -0.139. The van der Waals surface area contributed by atoms with Crippen LogP contribution in [0, 0.1) is 5.41 Å². The maximum atomic E-state index is 10.3. The summed E-state index contributed by atoms with van der Waals surface area (Å²) in [6.45, 7) is 0.645. The van der Waals surface area contributed by atoms with E-state index in [2.05, 4.69) is 6.92 Å². The van der Waals surface area contributed by atoms with E-state index in [4.69, 9.17) is 56.2 Å². The van der Waals surface area contributed by atoms with Gasteiger partial charge in [-0.1, -0.05) is 96.8 Å². The van der Waals surface area contributed by atoms with E-state index in [1.165, 1.54) is 83.5 Å². The maximum Gasteiger partial charge on any atom is 0.303 e. The normalized spacial score (nSPS) is 10.2. The van der Waals surface area contributed by atoms with E-state index in [1.54, 1.807) is 0 Å². The van der Waals surface area contributed by atoms with Crippen molar-refractivity contribution < 1.29 is 89.7 Å². The van der Waals surface area contributed by atoms with Gasteiger partial charge < -0.3 is 56.2 Å². The summed E-state index contributed by atoms with van der Waals surface area (Å²) in [5.74, 6) is -5.87. The molecule has 0 saturated heterocycles. The molecular formula is C41H78O18. The second-order valence-corrected chi connectivity index (χ2v) is 14.2. The summed E-state index contributed by atoms with van der Waals surface area (Å²) in [5, 5.41) is 91.3. The predicted molar refractivity (Wildman–Crippen MR) is 219 cm³/mol. The molecule has 0 saturated carbocycles. The average Bonchev–Trinajstić information content (AvgIpc) is 3.17. The molecule has 0 spiro atoms. The van der Waals surface area contributed by atoms with Gasteiger partial charge in [-0.15, -0.1) is 0 Å². The highest BCUT2D eigenvalue weighted by Crippen LogP contribution is 2.14. The minimum absolute atomic E-state index is 0.0628. The molecule has 0 aliphatic carbocycles. The second-order valence-electron chi connectivity index (χ2n) is 14.2. The molecule has 18 nitrogen and oxygen atoms in total. The first kappa shape index (κ1) is 64.3. The molecule has 0 fully saturated rings. The molecule has 0 aliphatic heterocycles. The van der Waals surface area contributed by atoms with Crippen LogP contribution < -0.4 is 0 Å². The third-order valence-corrected chi connectivity index (χ3v) is 8.43. The zero-order valence-electron chi connectivity index (χ0n) is 35.4. The van der Waals surface area contributed by atoms with E-state index >= 15 is 0 Å². The quantitative estimate of drug-likeness (QED) is 0.0306. The zero-order valence-corrected chi connectivity index (χ0v) is 35.4. The number of hydrogen-bond donors (Lipinski definition) is 11. The fraction of sp³-hybridized carbons (Fsp3) is 0.829. The Hall–Kier alpha value is -3.87. The Bertz CT molecular complexity index is 888. The fourth-order valence-corrected chi connectivity index (χ4v) is 4.60. The Kier molecular flexibility index (Phi) is 54.8.